The van der Waals surface area contributed by atoms with E-state index in [2.05, 4.69) is 49.5 Å². The highest BCUT2D eigenvalue weighted by Gasteiger charge is 2.10. The van der Waals surface area contributed by atoms with Crippen LogP contribution in [0.3, 0.4) is 0 Å². The third-order valence-electron chi connectivity index (χ3n) is 2.45. The minimum Gasteiger partial charge on any atom is -0.381 e. The van der Waals surface area contributed by atoms with Crippen molar-refractivity contribution in [3.63, 3.8) is 0 Å². The first-order chi connectivity index (χ1) is 6.29. The van der Waals surface area contributed by atoms with Crippen molar-refractivity contribution in [3.05, 3.63) is 35.4 Å². The van der Waals surface area contributed by atoms with Crippen LogP contribution >= 0.6 is 0 Å². The zero-order valence-electron chi connectivity index (χ0n) is 8.17. The van der Waals surface area contributed by atoms with E-state index in [0.717, 1.165) is 6.54 Å². The molecule has 0 bridgehead atoms. The molecule has 0 aliphatic carbocycles. The highest BCUT2D eigenvalue weighted by atomic mass is 14.9. The molecule has 1 heteroatoms. The maximum Gasteiger partial charge on any atom is 0.0451 e. The first-order valence-electron chi connectivity index (χ1n) is 4.82. The predicted octanol–water partition coefficient (Wildman–Crippen LogP) is 3.25. The Hall–Kier alpha value is -1.24. The second-order valence-corrected chi connectivity index (χ2v) is 3.75. The molecule has 0 atom stereocenters. The number of benzene rings is 1. The molecule has 1 N–H and O–H groups in total. The summed E-state index contributed by atoms with van der Waals surface area (Å²) in [7, 11) is 0. The van der Waals surface area contributed by atoms with Gasteiger partial charge in [0.05, 0.1) is 0 Å². The highest BCUT2D eigenvalue weighted by molar-refractivity contribution is 5.73. The number of hydrogen-bond donors (Lipinski definition) is 1. The summed E-state index contributed by atoms with van der Waals surface area (Å²) >= 11 is 0. The van der Waals surface area contributed by atoms with E-state index in [1.165, 1.54) is 16.8 Å². The van der Waals surface area contributed by atoms with Crippen LogP contribution in [0, 0.1) is 0 Å². The quantitative estimate of drug-likeness (QED) is 0.687. The Labute approximate surface area is 79.5 Å². The lowest BCUT2D eigenvalue weighted by molar-refractivity contribution is 0.866. The van der Waals surface area contributed by atoms with Gasteiger partial charge in [0.25, 0.3) is 0 Å². The lowest BCUT2D eigenvalue weighted by atomic mass is 9.96. The molecule has 1 aliphatic rings. The van der Waals surface area contributed by atoms with Crippen LogP contribution in [0.1, 0.15) is 30.9 Å². The standard InChI is InChI=1S/C12H15N/c1-9(2)11-7-3-5-10-6-4-8-13-12(10)11/h3-7,9,13H,8H2,1-2H3. The molecular weight excluding hydrogens is 158 g/mol. The van der Waals surface area contributed by atoms with Crippen molar-refractivity contribution in [2.24, 2.45) is 0 Å². The molecule has 1 aromatic carbocycles. The third kappa shape index (κ3) is 1.46. The fraction of sp³-hybridized carbons (Fsp3) is 0.333. The van der Waals surface area contributed by atoms with Gasteiger partial charge in [-0.2, -0.15) is 0 Å². The zero-order valence-corrected chi connectivity index (χ0v) is 8.17. The first kappa shape index (κ1) is 8.36. The van der Waals surface area contributed by atoms with Gasteiger partial charge in [-0.15, -0.1) is 0 Å². The Morgan fingerprint density at radius 1 is 1.31 bits per heavy atom. The van der Waals surface area contributed by atoms with Gasteiger partial charge in [0, 0.05) is 12.2 Å². The number of para-hydroxylation sites is 1. The van der Waals surface area contributed by atoms with Gasteiger partial charge in [0.1, 0.15) is 0 Å². The van der Waals surface area contributed by atoms with Gasteiger partial charge >= 0.3 is 0 Å². The van der Waals surface area contributed by atoms with Gasteiger partial charge in [-0.3, -0.25) is 0 Å². The van der Waals surface area contributed by atoms with Crippen molar-refractivity contribution in [1.82, 2.24) is 0 Å². The summed E-state index contributed by atoms with van der Waals surface area (Å²) in [6.45, 7) is 5.42. The van der Waals surface area contributed by atoms with Crippen molar-refractivity contribution < 1.29 is 0 Å². The first-order valence-corrected chi connectivity index (χ1v) is 4.82. The fourth-order valence-corrected chi connectivity index (χ4v) is 1.76. The van der Waals surface area contributed by atoms with Crippen LogP contribution in [0.2, 0.25) is 0 Å². The number of nitrogens with one attached hydrogen (secondary N) is 1. The van der Waals surface area contributed by atoms with E-state index in [1.54, 1.807) is 0 Å². The van der Waals surface area contributed by atoms with E-state index >= 15 is 0 Å². The summed E-state index contributed by atoms with van der Waals surface area (Å²) in [5.41, 5.74) is 4.05. The van der Waals surface area contributed by atoms with E-state index in [4.69, 9.17) is 0 Å². The molecule has 0 saturated heterocycles. The summed E-state index contributed by atoms with van der Waals surface area (Å²) in [4.78, 5) is 0. The summed E-state index contributed by atoms with van der Waals surface area (Å²) in [6, 6.07) is 6.49. The van der Waals surface area contributed by atoms with E-state index < -0.39 is 0 Å². The minimum atomic E-state index is 0.592. The predicted molar refractivity (Wildman–Crippen MR) is 58.1 cm³/mol. The molecule has 1 nitrogen and oxygen atoms in total. The van der Waals surface area contributed by atoms with Gasteiger partial charge in [0.15, 0.2) is 0 Å². The van der Waals surface area contributed by atoms with E-state index in [9.17, 15) is 0 Å². The molecular formula is C12H15N. The Bertz CT molecular complexity index is 337. The summed E-state index contributed by atoms with van der Waals surface area (Å²) in [5.74, 6) is 0.592. The maximum atomic E-state index is 3.43. The summed E-state index contributed by atoms with van der Waals surface area (Å²) in [6.07, 6.45) is 4.35. The number of hydrogen-bond acceptors (Lipinski definition) is 1. The Morgan fingerprint density at radius 3 is 2.92 bits per heavy atom. The second kappa shape index (κ2) is 3.25. The number of anilines is 1. The molecule has 0 unspecified atom stereocenters. The highest BCUT2D eigenvalue weighted by Crippen LogP contribution is 2.30. The minimum absolute atomic E-state index is 0.592. The van der Waals surface area contributed by atoms with Crippen molar-refractivity contribution in [2.75, 3.05) is 11.9 Å². The molecule has 0 aromatic heterocycles. The average Bonchev–Trinajstić information content (AvgIpc) is 2.17. The average molecular weight is 173 g/mol. The second-order valence-electron chi connectivity index (χ2n) is 3.75. The monoisotopic (exact) mass is 173 g/mol. The van der Waals surface area contributed by atoms with E-state index in [1.807, 2.05) is 0 Å². The summed E-state index contributed by atoms with van der Waals surface area (Å²) < 4.78 is 0. The van der Waals surface area contributed by atoms with Gasteiger partial charge in [0.2, 0.25) is 0 Å². The van der Waals surface area contributed by atoms with Crippen LogP contribution in [-0.2, 0) is 0 Å². The Kier molecular flexibility index (Phi) is 2.09. The molecule has 0 spiro atoms. The van der Waals surface area contributed by atoms with Crippen molar-refractivity contribution in [1.29, 1.82) is 0 Å². The van der Waals surface area contributed by atoms with Crippen LogP contribution in [0.4, 0.5) is 5.69 Å². The van der Waals surface area contributed by atoms with Crippen LogP contribution < -0.4 is 5.32 Å². The number of rotatable bonds is 1. The molecule has 13 heavy (non-hydrogen) atoms. The molecule has 0 radical (unpaired) electrons. The van der Waals surface area contributed by atoms with Crippen molar-refractivity contribution >= 4 is 11.8 Å². The van der Waals surface area contributed by atoms with Crippen LogP contribution in [0.25, 0.3) is 6.08 Å². The lowest BCUT2D eigenvalue weighted by Crippen LogP contribution is -2.07. The van der Waals surface area contributed by atoms with Crippen LogP contribution in [0.15, 0.2) is 24.3 Å². The molecule has 2 rings (SSSR count). The van der Waals surface area contributed by atoms with Gasteiger partial charge < -0.3 is 5.32 Å². The summed E-state index contributed by atoms with van der Waals surface area (Å²) in [5, 5.41) is 3.43. The van der Waals surface area contributed by atoms with Crippen LogP contribution in [0.5, 0.6) is 0 Å². The van der Waals surface area contributed by atoms with Gasteiger partial charge in [-0.25, -0.2) is 0 Å². The molecule has 1 heterocycles. The zero-order chi connectivity index (χ0) is 9.26. The molecule has 1 aliphatic heterocycles. The fourth-order valence-electron chi connectivity index (χ4n) is 1.76. The third-order valence-corrected chi connectivity index (χ3v) is 2.45. The van der Waals surface area contributed by atoms with Crippen molar-refractivity contribution in [3.8, 4) is 0 Å². The van der Waals surface area contributed by atoms with Crippen molar-refractivity contribution in [2.45, 2.75) is 19.8 Å². The lowest BCUT2D eigenvalue weighted by Gasteiger charge is -2.19. The molecule has 1 aromatic rings. The Morgan fingerprint density at radius 2 is 2.15 bits per heavy atom. The topological polar surface area (TPSA) is 12.0 Å². The van der Waals surface area contributed by atoms with E-state index in [-0.39, 0.29) is 0 Å². The maximum absolute atomic E-state index is 3.43. The molecule has 0 amide bonds. The molecule has 0 saturated carbocycles. The van der Waals surface area contributed by atoms with Crippen LogP contribution in [-0.4, -0.2) is 6.54 Å². The molecule has 68 valence electrons. The smallest absolute Gasteiger partial charge is 0.0451 e. The largest absolute Gasteiger partial charge is 0.381 e. The van der Waals surface area contributed by atoms with Gasteiger partial charge in [-0.05, 0) is 17.0 Å². The Balaban J connectivity index is 2.53. The normalized spacial score (nSPS) is 14.1. The molecule has 0 fully saturated rings. The van der Waals surface area contributed by atoms with Gasteiger partial charge in [-0.1, -0.05) is 44.2 Å². The number of fused-ring (bicyclic) bond motifs is 1. The SMILES string of the molecule is CC(C)c1cccc2c1NCC=C2. The van der Waals surface area contributed by atoms with E-state index in [0.29, 0.717) is 5.92 Å².